The van der Waals surface area contributed by atoms with Crippen molar-refractivity contribution in [3.8, 4) is 5.75 Å². The second-order valence-electron chi connectivity index (χ2n) is 3.47. The number of aliphatic hydroxyl groups is 1. The fraction of sp³-hybridized carbons (Fsp3) is 0.250. The van der Waals surface area contributed by atoms with Crippen LogP contribution in [0.3, 0.4) is 0 Å². The number of aromatic nitrogens is 1. The molecule has 0 aliphatic rings. The lowest BCUT2D eigenvalue weighted by Gasteiger charge is -2.06. The molecule has 0 atom stereocenters. The van der Waals surface area contributed by atoms with Crippen molar-refractivity contribution >= 4 is 10.9 Å². The number of benzene rings is 1. The first-order valence-corrected chi connectivity index (χ1v) is 4.79. The van der Waals surface area contributed by atoms with Gasteiger partial charge in [0.25, 0.3) is 0 Å². The summed E-state index contributed by atoms with van der Waals surface area (Å²) in [6.45, 7) is 1.98. The van der Waals surface area contributed by atoms with Gasteiger partial charge in [-0.3, -0.25) is 4.98 Å². The van der Waals surface area contributed by atoms with Crippen LogP contribution in [-0.4, -0.2) is 17.2 Å². The molecule has 0 bridgehead atoms. The monoisotopic (exact) mass is 203 g/mol. The van der Waals surface area contributed by atoms with Crippen molar-refractivity contribution in [2.45, 2.75) is 13.5 Å². The van der Waals surface area contributed by atoms with Crippen LogP contribution in [0, 0.1) is 6.92 Å². The van der Waals surface area contributed by atoms with Gasteiger partial charge < -0.3 is 9.84 Å². The zero-order valence-corrected chi connectivity index (χ0v) is 8.82. The lowest BCUT2D eigenvalue weighted by atomic mass is 10.1. The fourth-order valence-corrected chi connectivity index (χ4v) is 1.65. The summed E-state index contributed by atoms with van der Waals surface area (Å²) in [5, 5.41) is 10.1. The van der Waals surface area contributed by atoms with Gasteiger partial charge in [0.1, 0.15) is 5.75 Å². The van der Waals surface area contributed by atoms with E-state index in [-0.39, 0.29) is 6.61 Å². The molecule has 0 fully saturated rings. The SMILES string of the molecule is COc1ccc2nc(CO)cc(C)c2c1. The number of rotatable bonds is 2. The maximum absolute atomic E-state index is 9.04. The van der Waals surface area contributed by atoms with Crippen LogP contribution in [0.2, 0.25) is 0 Å². The van der Waals surface area contributed by atoms with E-state index in [0.29, 0.717) is 5.69 Å². The Morgan fingerprint density at radius 2 is 2.13 bits per heavy atom. The molecule has 0 aliphatic heterocycles. The van der Waals surface area contributed by atoms with E-state index in [9.17, 15) is 0 Å². The molecule has 0 aliphatic carbocycles. The Kier molecular flexibility index (Phi) is 2.56. The first-order chi connectivity index (χ1) is 7.24. The highest BCUT2D eigenvalue weighted by Gasteiger charge is 2.03. The van der Waals surface area contributed by atoms with Crippen molar-refractivity contribution in [1.82, 2.24) is 4.98 Å². The smallest absolute Gasteiger partial charge is 0.119 e. The molecule has 3 nitrogen and oxygen atoms in total. The number of fused-ring (bicyclic) bond motifs is 1. The second-order valence-corrected chi connectivity index (χ2v) is 3.47. The third-order valence-corrected chi connectivity index (χ3v) is 2.44. The zero-order chi connectivity index (χ0) is 10.8. The summed E-state index contributed by atoms with van der Waals surface area (Å²) in [7, 11) is 1.64. The summed E-state index contributed by atoms with van der Waals surface area (Å²) in [6.07, 6.45) is 0. The molecule has 2 rings (SSSR count). The summed E-state index contributed by atoms with van der Waals surface area (Å²) in [6, 6.07) is 7.62. The van der Waals surface area contributed by atoms with E-state index in [2.05, 4.69) is 4.98 Å². The lowest BCUT2D eigenvalue weighted by molar-refractivity contribution is 0.277. The van der Waals surface area contributed by atoms with Crippen LogP contribution < -0.4 is 4.74 Å². The van der Waals surface area contributed by atoms with Crippen LogP contribution in [0.1, 0.15) is 11.3 Å². The van der Waals surface area contributed by atoms with Gasteiger partial charge in [-0.15, -0.1) is 0 Å². The summed E-state index contributed by atoms with van der Waals surface area (Å²) in [5.74, 6) is 0.823. The molecule has 0 saturated heterocycles. The molecule has 1 N–H and O–H groups in total. The zero-order valence-electron chi connectivity index (χ0n) is 8.82. The Hall–Kier alpha value is -1.61. The highest BCUT2D eigenvalue weighted by Crippen LogP contribution is 2.22. The van der Waals surface area contributed by atoms with Crippen molar-refractivity contribution in [3.05, 3.63) is 35.5 Å². The number of aliphatic hydroxyl groups excluding tert-OH is 1. The van der Waals surface area contributed by atoms with E-state index in [0.717, 1.165) is 22.2 Å². The second kappa shape index (κ2) is 3.87. The number of hydrogen-bond acceptors (Lipinski definition) is 3. The number of pyridine rings is 1. The molecular formula is C12H13NO2. The third kappa shape index (κ3) is 1.78. The average Bonchev–Trinajstić information content (AvgIpc) is 2.28. The van der Waals surface area contributed by atoms with Crippen molar-refractivity contribution in [1.29, 1.82) is 0 Å². The standard InChI is InChI=1S/C12H13NO2/c1-8-5-9(7-14)13-12-4-3-10(15-2)6-11(8)12/h3-6,14H,7H2,1-2H3. The van der Waals surface area contributed by atoms with Crippen LogP contribution >= 0.6 is 0 Å². The Morgan fingerprint density at radius 1 is 1.33 bits per heavy atom. The van der Waals surface area contributed by atoms with E-state index in [1.807, 2.05) is 31.2 Å². The van der Waals surface area contributed by atoms with E-state index in [4.69, 9.17) is 9.84 Å². The predicted octanol–water partition coefficient (Wildman–Crippen LogP) is 2.04. The van der Waals surface area contributed by atoms with Gasteiger partial charge in [0.15, 0.2) is 0 Å². The van der Waals surface area contributed by atoms with E-state index < -0.39 is 0 Å². The quantitative estimate of drug-likeness (QED) is 0.812. The molecule has 2 aromatic rings. The van der Waals surface area contributed by atoms with Gasteiger partial charge in [-0.2, -0.15) is 0 Å². The molecule has 1 heterocycles. The highest BCUT2D eigenvalue weighted by molar-refractivity contribution is 5.83. The third-order valence-electron chi connectivity index (χ3n) is 2.44. The van der Waals surface area contributed by atoms with E-state index in [1.165, 1.54) is 0 Å². The summed E-state index contributed by atoms with van der Waals surface area (Å²) < 4.78 is 5.16. The van der Waals surface area contributed by atoms with Crippen molar-refractivity contribution < 1.29 is 9.84 Å². The number of methoxy groups -OCH3 is 1. The van der Waals surface area contributed by atoms with Crippen LogP contribution in [0.15, 0.2) is 24.3 Å². The molecule has 0 radical (unpaired) electrons. The first-order valence-electron chi connectivity index (χ1n) is 4.79. The number of nitrogens with zero attached hydrogens (tertiary/aromatic N) is 1. The van der Waals surface area contributed by atoms with E-state index in [1.54, 1.807) is 7.11 Å². The number of aryl methyl sites for hydroxylation is 1. The normalized spacial score (nSPS) is 10.6. The van der Waals surface area contributed by atoms with Crippen molar-refractivity contribution in [3.63, 3.8) is 0 Å². The fourth-order valence-electron chi connectivity index (χ4n) is 1.65. The van der Waals surface area contributed by atoms with Gasteiger partial charge >= 0.3 is 0 Å². The van der Waals surface area contributed by atoms with Gasteiger partial charge in [0.2, 0.25) is 0 Å². The molecule has 0 amide bonds. The van der Waals surface area contributed by atoms with Gasteiger partial charge in [0.05, 0.1) is 24.9 Å². The molecule has 0 spiro atoms. The summed E-state index contributed by atoms with van der Waals surface area (Å²) in [4.78, 5) is 4.32. The van der Waals surface area contributed by atoms with Gasteiger partial charge in [0, 0.05) is 5.39 Å². The molecule has 0 unspecified atom stereocenters. The maximum atomic E-state index is 9.04. The van der Waals surface area contributed by atoms with Crippen LogP contribution in [0.25, 0.3) is 10.9 Å². The largest absolute Gasteiger partial charge is 0.497 e. The Morgan fingerprint density at radius 3 is 2.80 bits per heavy atom. The lowest BCUT2D eigenvalue weighted by Crippen LogP contribution is -1.93. The van der Waals surface area contributed by atoms with Crippen molar-refractivity contribution in [2.75, 3.05) is 7.11 Å². The Bertz CT molecular complexity index is 494. The Balaban J connectivity index is 2.68. The van der Waals surface area contributed by atoms with Crippen molar-refractivity contribution in [2.24, 2.45) is 0 Å². The predicted molar refractivity (Wildman–Crippen MR) is 59.0 cm³/mol. The van der Waals surface area contributed by atoms with E-state index >= 15 is 0 Å². The first kappa shape index (κ1) is 9.93. The molecule has 0 saturated carbocycles. The minimum atomic E-state index is -0.0250. The van der Waals surface area contributed by atoms with Crippen LogP contribution in [0.5, 0.6) is 5.75 Å². The minimum Gasteiger partial charge on any atom is -0.497 e. The summed E-state index contributed by atoms with van der Waals surface area (Å²) >= 11 is 0. The number of hydrogen-bond donors (Lipinski definition) is 1. The Labute approximate surface area is 88.3 Å². The summed E-state index contributed by atoms with van der Waals surface area (Å²) in [5.41, 5.74) is 2.69. The van der Waals surface area contributed by atoms with Gasteiger partial charge in [-0.1, -0.05) is 0 Å². The topological polar surface area (TPSA) is 42.4 Å². The molecule has 1 aromatic heterocycles. The molecular weight excluding hydrogens is 190 g/mol. The maximum Gasteiger partial charge on any atom is 0.119 e. The molecule has 1 aromatic carbocycles. The van der Waals surface area contributed by atoms with Gasteiger partial charge in [-0.25, -0.2) is 0 Å². The molecule has 78 valence electrons. The number of ether oxygens (including phenoxy) is 1. The minimum absolute atomic E-state index is 0.0250. The average molecular weight is 203 g/mol. The molecule has 3 heteroatoms. The van der Waals surface area contributed by atoms with Gasteiger partial charge in [-0.05, 0) is 36.8 Å². The highest BCUT2D eigenvalue weighted by atomic mass is 16.5. The van der Waals surface area contributed by atoms with Crippen LogP contribution in [0.4, 0.5) is 0 Å². The molecule has 15 heavy (non-hydrogen) atoms. The van der Waals surface area contributed by atoms with Crippen LogP contribution in [-0.2, 0) is 6.61 Å².